The van der Waals surface area contributed by atoms with Crippen LogP contribution < -0.4 is 5.56 Å². The predicted molar refractivity (Wildman–Crippen MR) is 127 cm³/mol. The number of aromatic nitrogens is 4. The summed E-state index contributed by atoms with van der Waals surface area (Å²) in [6.45, 7) is 2.09. The molecule has 0 saturated heterocycles. The minimum absolute atomic E-state index is 0.194. The molecular formula is C25H20N4O2S. The van der Waals surface area contributed by atoms with E-state index in [9.17, 15) is 4.79 Å². The van der Waals surface area contributed by atoms with Crippen LogP contribution in [0.4, 0.5) is 0 Å². The van der Waals surface area contributed by atoms with Gasteiger partial charge in [-0.25, -0.2) is 0 Å². The van der Waals surface area contributed by atoms with Crippen molar-refractivity contribution in [3.8, 4) is 28.7 Å². The Morgan fingerprint density at radius 1 is 0.938 bits per heavy atom. The number of nitrogens with zero attached hydrogens (tertiary/aromatic N) is 4. The van der Waals surface area contributed by atoms with Crippen molar-refractivity contribution in [2.24, 2.45) is 0 Å². The molecule has 0 atom stereocenters. The first-order valence-electron chi connectivity index (χ1n) is 10.3. The Labute approximate surface area is 188 Å². The van der Waals surface area contributed by atoms with Crippen molar-refractivity contribution in [3.05, 3.63) is 88.7 Å². The summed E-state index contributed by atoms with van der Waals surface area (Å²) in [6.07, 6.45) is 2.96. The monoisotopic (exact) mass is 440 g/mol. The number of thioether (sulfide) groups is 1. The Morgan fingerprint density at radius 3 is 2.34 bits per heavy atom. The summed E-state index contributed by atoms with van der Waals surface area (Å²) >= 11 is 1.67. The summed E-state index contributed by atoms with van der Waals surface area (Å²) in [6, 6.07) is 23.1. The fourth-order valence-corrected chi connectivity index (χ4v) is 3.98. The topological polar surface area (TPSA) is 73.8 Å². The third-order valence-corrected chi connectivity index (χ3v) is 6.11. The molecule has 0 amide bonds. The number of fused-ring (bicyclic) bond motifs is 1. The maximum absolute atomic E-state index is 13.2. The molecule has 2 heterocycles. The Hall–Kier alpha value is -3.71. The molecular weight excluding hydrogens is 420 g/mol. The van der Waals surface area contributed by atoms with Gasteiger partial charge in [-0.1, -0.05) is 42.4 Å². The molecule has 0 spiro atoms. The number of rotatable bonds is 5. The number of aryl methyl sites for hydroxylation is 1. The van der Waals surface area contributed by atoms with Gasteiger partial charge in [0.25, 0.3) is 11.4 Å². The normalized spacial score (nSPS) is 11.2. The van der Waals surface area contributed by atoms with Crippen molar-refractivity contribution in [1.29, 1.82) is 0 Å². The van der Waals surface area contributed by atoms with Gasteiger partial charge < -0.3 is 4.52 Å². The Morgan fingerprint density at radius 2 is 1.66 bits per heavy atom. The van der Waals surface area contributed by atoms with Crippen LogP contribution in [0, 0.1) is 0 Å². The third-order valence-electron chi connectivity index (χ3n) is 5.37. The number of hydrogen-bond donors (Lipinski definition) is 0. The Kier molecular flexibility index (Phi) is 5.33. The molecule has 7 heteroatoms. The van der Waals surface area contributed by atoms with Gasteiger partial charge in [0.15, 0.2) is 5.69 Å². The minimum atomic E-state index is -0.194. The number of benzene rings is 3. The quantitative estimate of drug-likeness (QED) is 0.341. The molecule has 0 N–H and O–H groups in total. The molecule has 0 aliphatic rings. The first kappa shape index (κ1) is 20.2. The van der Waals surface area contributed by atoms with E-state index in [0.29, 0.717) is 28.0 Å². The average Bonchev–Trinajstić information content (AvgIpc) is 3.35. The van der Waals surface area contributed by atoms with Crippen LogP contribution in [-0.2, 0) is 6.42 Å². The lowest BCUT2D eigenvalue weighted by molar-refractivity contribution is 0.430. The molecule has 0 aliphatic carbocycles. The van der Waals surface area contributed by atoms with Gasteiger partial charge in [0.1, 0.15) is 0 Å². The highest BCUT2D eigenvalue weighted by Crippen LogP contribution is 2.27. The Balaban J connectivity index is 1.66. The summed E-state index contributed by atoms with van der Waals surface area (Å²) < 4.78 is 6.99. The number of hydrogen-bond acceptors (Lipinski definition) is 6. The summed E-state index contributed by atoms with van der Waals surface area (Å²) in [7, 11) is 0. The van der Waals surface area contributed by atoms with E-state index in [1.165, 1.54) is 10.2 Å². The van der Waals surface area contributed by atoms with Crippen LogP contribution >= 0.6 is 11.8 Å². The molecule has 5 rings (SSSR count). The van der Waals surface area contributed by atoms with Gasteiger partial charge in [0.2, 0.25) is 5.82 Å². The zero-order valence-electron chi connectivity index (χ0n) is 17.6. The van der Waals surface area contributed by atoms with E-state index < -0.39 is 0 Å². The molecule has 0 saturated carbocycles. The van der Waals surface area contributed by atoms with E-state index >= 15 is 0 Å². The Bertz CT molecular complexity index is 1450. The highest BCUT2D eigenvalue weighted by molar-refractivity contribution is 7.98. The second kappa shape index (κ2) is 8.43. The maximum atomic E-state index is 13.2. The van der Waals surface area contributed by atoms with Crippen molar-refractivity contribution in [1.82, 2.24) is 19.9 Å². The molecule has 32 heavy (non-hydrogen) atoms. The first-order chi connectivity index (χ1) is 15.7. The average molecular weight is 441 g/mol. The van der Waals surface area contributed by atoms with E-state index in [4.69, 9.17) is 4.52 Å². The van der Waals surface area contributed by atoms with Crippen LogP contribution in [0.1, 0.15) is 12.5 Å². The SMILES string of the molecule is CCc1ccc(-n2nc(-c3nc(-c4ccc(SC)cc4)no3)c3ccccc3c2=O)cc1. The molecule has 0 unspecified atom stereocenters. The first-order valence-corrected chi connectivity index (χ1v) is 11.5. The van der Waals surface area contributed by atoms with Gasteiger partial charge >= 0.3 is 0 Å². The molecule has 0 bridgehead atoms. The van der Waals surface area contributed by atoms with Crippen molar-refractivity contribution < 1.29 is 4.52 Å². The lowest BCUT2D eigenvalue weighted by Crippen LogP contribution is -2.22. The largest absolute Gasteiger partial charge is 0.332 e. The summed E-state index contributed by atoms with van der Waals surface area (Å²) in [5.74, 6) is 0.743. The molecule has 158 valence electrons. The van der Waals surface area contributed by atoms with E-state index in [1.54, 1.807) is 17.8 Å². The van der Waals surface area contributed by atoms with Gasteiger partial charge in [-0.3, -0.25) is 4.79 Å². The lowest BCUT2D eigenvalue weighted by atomic mass is 10.1. The second-order valence-electron chi connectivity index (χ2n) is 7.28. The van der Waals surface area contributed by atoms with Gasteiger partial charge in [-0.05, 0) is 60.7 Å². The van der Waals surface area contributed by atoms with Crippen LogP contribution in [0.25, 0.3) is 39.4 Å². The minimum Gasteiger partial charge on any atom is -0.332 e. The summed E-state index contributed by atoms with van der Waals surface area (Å²) in [5, 5.41) is 10.0. The zero-order chi connectivity index (χ0) is 22.1. The maximum Gasteiger partial charge on any atom is 0.279 e. The van der Waals surface area contributed by atoms with Gasteiger partial charge in [-0.15, -0.1) is 11.8 Å². The van der Waals surface area contributed by atoms with Crippen LogP contribution in [0.3, 0.4) is 0 Å². The molecule has 5 aromatic rings. The highest BCUT2D eigenvalue weighted by Gasteiger charge is 2.19. The van der Waals surface area contributed by atoms with Crippen LogP contribution in [0.15, 0.2) is 87.0 Å². The molecule has 2 aromatic heterocycles. The predicted octanol–water partition coefficient (Wildman–Crippen LogP) is 5.39. The highest BCUT2D eigenvalue weighted by atomic mass is 32.2. The zero-order valence-corrected chi connectivity index (χ0v) is 18.5. The lowest BCUT2D eigenvalue weighted by Gasteiger charge is -2.09. The molecule has 0 aliphatic heterocycles. The van der Waals surface area contributed by atoms with Crippen molar-refractivity contribution >= 4 is 22.5 Å². The fraction of sp³-hybridized carbons (Fsp3) is 0.120. The van der Waals surface area contributed by atoms with Crippen LogP contribution in [0.2, 0.25) is 0 Å². The molecule has 6 nitrogen and oxygen atoms in total. The van der Waals surface area contributed by atoms with E-state index in [0.717, 1.165) is 16.9 Å². The van der Waals surface area contributed by atoms with E-state index in [2.05, 4.69) is 22.2 Å². The smallest absolute Gasteiger partial charge is 0.279 e. The molecule has 3 aromatic carbocycles. The van der Waals surface area contributed by atoms with Crippen LogP contribution in [-0.4, -0.2) is 26.2 Å². The summed E-state index contributed by atoms with van der Waals surface area (Å²) in [4.78, 5) is 18.9. The van der Waals surface area contributed by atoms with Gasteiger partial charge in [-0.2, -0.15) is 14.8 Å². The summed E-state index contributed by atoms with van der Waals surface area (Å²) in [5.41, 5.74) is 3.01. The fourth-order valence-electron chi connectivity index (χ4n) is 3.57. The third kappa shape index (κ3) is 3.61. The van der Waals surface area contributed by atoms with Crippen molar-refractivity contribution in [2.45, 2.75) is 18.2 Å². The molecule has 0 radical (unpaired) electrons. The van der Waals surface area contributed by atoms with E-state index in [1.807, 2.05) is 73.0 Å². The second-order valence-corrected chi connectivity index (χ2v) is 8.16. The van der Waals surface area contributed by atoms with E-state index in [-0.39, 0.29) is 11.4 Å². The van der Waals surface area contributed by atoms with Gasteiger partial charge in [0.05, 0.1) is 11.1 Å². The van der Waals surface area contributed by atoms with Crippen molar-refractivity contribution in [3.63, 3.8) is 0 Å². The van der Waals surface area contributed by atoms with Gasteiger partial charge in [0, 0.05) is 15.8 Å². The standard InChI is InChI=1S/C25H20N4O2S/c1-3-16-8-12-18(13-9-16)29-25(30)21-7-5-4-6-20(21)22(27-29)24-26-23(28-31-24)17-10-14-19(32-2)15-11-17/h4-15H,3H2,1-2H3. The van der Waals surface area contributed by atoms with Crippen LogP contribution in [0.5, 0.6) is 0 Å². The molecule has 0 fully saturated rings. The van der Waals surface area contributed by atoms with Crippen molar-refractivity contribution in [2.75, 3.05) is 6.26 Å².